The average molecular weight is 413 g/mol. The van der Waals surface area contributed by atoms with E-state index in [1.807, 2.05) is 0 Å². The predicted molar refractivity (Wildman–Crippen MR) is 97.5 cm³/mol. The van der Waals surface area contributed by atoms with Crippen LogP contribution in [0, 0.1) is 0 Å². The normalized spacial score (nSPS) is 11.4. The van der Waals surface area contributed by atoms with Crippen LogP contribution in [0.1, 0.15) is 11.4 Å². The summed E-state index contributed by atoms with van der Waals surface area (Å²) < 4.78 is 56.6. The van der Waals surface area contributed by atoms with E-state index in [1.54, 1.807) is 42.5 Å². The lowest BCUT2D eigenvalue weighted by molar-refractivity contribution is -0.141. The fourth-order valence-corrected chi connectivity index (χ4v) is 2.77. The highest BCUT2D eigenvalue weighted by atomic mass is 35.5. The summed E-state index contributed by atoms with van der Waals surface area (Å²) in [6.45, 7) is -0.163. The molecule has 0 radical (unpaired) electrons. The fourth-order valence-electron chi connectivity index (χ4n) is 2.56. The molecule has 0 spiro atoms. The highest BCUT2D eigenvalue weighted by Crippen LogP contribution is 2.33. The van der Waals surface area contributed by atoms with Crippen molar-refractivity contribution in [3.05, 3.63) is 64.9 Å². The molecule has 0 fully saturated rings. The van der Waals surface area contributed by atoms with Crippen molar-refractivity contribution in [3.63, 3.8) is 0 Å². The summed E-state index contributed by atoms with van der Waals surface area (Å²) in [7, 11) is 2.98. The van der Waals surface area contributed by atoms with E-state index in [2.05, 4.69) is 5.10 Å². The number of aromatic nitrogens is 2. The van der Waals surface area contributed by atoms with Gasteiger partial charge < -0.3 is 14.2 Å². The van der Waals surface area contributed by atoms with Crippen LogP contribution in [-0.2, 0) is 12.8 Å². The molecule has 0 N–H and O–H groups in total. The van der Waals surface area contributed by atoms with Gasteiger partial charge in [-0.15, -0.1) is 0 Å². The smallest absolute Gasteiger partial charge is 0.435 e. The largest absolute Gasteiger partial charge is 0.493 e. The summed E-state index contributed by atoms with van der Waals surface area (Å²) in [6, 6.07) is 12.3. The molecule has 5 nitrogen and oxygen atoms in total. The first kappa shape index (κ1) is 19.9. The Labute approximate surface area is 164 Å². The van der Waals surface area contributed by atoms with Crippen molar-refractivity contribution in [2.75, 3.05) is 14.2 Å². The topological polar surface area (TPSA) is 45.5 Å². The zero-order valence-corrected chi connectivity index (χ0v) is 15.7. The SMILES string of the molecule is COc1ccc(OCc2cc(C(F)(F)F)nn2-c2ccccc2Cl)cc1OC. The minimum atomic E-state index is -4.59. The first-order chi connectivity index (χ1) is 13.3. The monoisotopic (exact) mass is 412 g/mol. The molecule has 148 valence electrons. The Kier molecular flexibility index (Phi) is 5.69. The van der Waals surface area contributed by atoms with Gasteiger partial charge in [-0.3, -0.25) is 0 Å². The Morgan fingerprint density at radius 1 is 1.00 bits per heavy atom. The molecule has 9 heteroatoms. The number of rotatable bonds is 6. The minimum absolute atomic E-state index is 0.163. The molecule has 3 aromatic rings. The maximum Gasteiger partial charge on any atom is 0.435 e. The summed E-state index contributed by atoms with van der Waals surface area (Å²) in [5, 5.41) is 3.94. The molecule has 0 unspecified atom stereocenters. The third-order valence-corrected chi connectivity index (χ3v) is 4.22. The highest BCUT2D eigenvalue weighted by molar-refractivity contribution is 6.32. The molecule has 0 saturated heterocycles. The Morgan fingerprint density at radius 2 is 1.71 bits per heavy atom. The second-order valence-electron chi connectivity index (χ2n) is 5.69. The summed E-state index contributed by atoms with van der Waals surface area (Å²) in [4.78, 5) is 0. The zero-order valence-electron chi connectivity index (χ0n) is 15.0. The van der Waals surface area contributed by atoms with Gasteiger partial charge >= 0.3 is 6.18 Å². The van der Waals surface area contributed by atoms with E-state index in [4.69, 9.17) is 25.8 Å². The van der Waals surface area contributed by atoms with Gasteiger partial charge in [0.05, 0.1) is 30.6 Å². The van der Waals surface area contributed by atoms with Crippen molar-refractivity contribution in [2.45, 2.75) is 12.8 Å². The van der Waals surface area contributed by atoms with E-state index in [0.29, 0.717) is 22.9 Å². The van der Waals surface area contributed by atoms with E-state index in [0.717, 1.165) is 10.7 Å². The Hall–Kier alpha value is -2.87. The van der Waals surface area contributed by atoms with Crippen molar-refractivity contribution >= 4 is 11.6 Å². The zero-order chi connectivity index (χ0) is 20.3. The molecule has 0 amide bonds. The predicted octanol–water partition coefficient (Wildman–Crippen LogP) is 5.14. The van der Waals surface area contributed by atoms with Gasteiger partial charge in [-0.1, -0.05) is 23.7 Å². The highest BCUT2D eigenvalue weighted by Gasteiger charge is 2.35. The summed E-state index contributed by atoms with van der Waals surface area (Å²) in [5.74, 6) is 1.35. The molecule has 0 bridgehead atoms. The third kappa shape index (κ3) is 4.17. The van der Waals surface area contributed by atoms with Gasteiger partial charge in [-0.2, -0.15) is 18.3 Å². The van der Waals surface area contributed by atoms with Gasteiger partial charge in [0.1, 0.15) is 12.4 Å². The van der Waals surface area contributed by atoms with Crippen LogP contribution in [-0.4, -0.2) is 24.0 Å². The Balaban J connectivity index is 1.93. The lowest BCUT2D eigenvalue weighted by Crippen LogP contribution is -2.08. The molecule has 28 heavy (non-hydrogen) atoms. The number of para-hydroxylation sites is 1. The third-order valence-electron chi connectivity index (χ3n) is 3.90. The van der Waals surface area contributed by atoms with Crippen LogP contribution >= 0.6 is 11.6 Å². The van der Waals surface area contributed by atoms with E-state index < -0.39 is 11.9 Å². The quantitative estimate of drug-likeness (QED) is 0.562. The van der Waals surface area contributed by atoms with Gasteiger partial charge in [0, 0.05) is 6.07 Å². The number of halogens is 4. The molecular formula is C19H16ClF3N2O3. The number of hydrogen-bond acceptors (Lipinski definition) is 4. The molecule has 0 saturated carbocycles. The molecule has 0 aliphatic rings. The van der Waals surface area contributed by atoms with E-state index >= 15 is 0 Å². The molecule has 1 heterocycles. The average Bonchev–Trinajstić information content (AvgIpc) is 3.11. The lowest BCUT2D eigenvalue weighted by Gasteiger charge is -2.12. The number of methoxy groups -OCH3 is 2. The van der Waals surface area contributed by atoms with Crippen molar-refractivity contribution in [2.24, 2.45) is 0 Å². The molecule has 0 aliphatic heterocycles. The summed E-state index contributed by atoms with van der Waals surface area (Å²) in [5.41, 5.74) is -0.515. The van der Waals surface area contributed by atoms with Crippen LogP contribution in [0.15, 0.2) is 48.5 Å². The summed E-state index contributed by atoms with van der Waals surface area (Å²) >= 11 is 6.13. The number of alkyl halides is 3. The minimum Gasteiger partial charge on any atom is -0.493 e. The van der Waals surface area contributed by atoms with Crippen molar-refractivity contribution in [1.82, 2.24) is 9.78 Å². The Morgan fingerprint density at radius 3 is 2.36 bits per heavy atom. The second-order valence-corrected chi connectivity index (χ2v) is 6.09. The lowest BCUT2D eigenvalue weighted by atomic mass is 10.3. The van der Waals surface area contributed by atoms with Gasteiger partial charge in [-0.25, -0.2) is 4.68 Å². The number of benzene rings is 2. The number of nitrogens with zero attached hydrogens (tertiary/aromatic N) is 2. The van der Waals surface area contributed by atoms with E-state index in [9.17, 15) is 13.2 Å². The van der Waals surface area contributed by atoms with Crippen molar-refractivity contribution < 1.29 is 27.4 Å². The van der Waals surface area contributed by atoms with Crippen LogP contribution in [0.25, 0.3) is 5.69 Å². The molecular weight excluding hydrogens is 397 g/mol. The molecule has 0 atom stereocenters. The van der Waals surface area contributed by atoms with E-state index in [1.165, 1.54) is 14.2 Å². The molecule has 2 aromatic carbocycles. The fraction of sp³-hybridized carbons (Fsp3) is 0.211. The van der Waals surface area contributed by atoms with E-state index in [-0.39, 0.29) is 17.3 Å². The van der Waals surface area contributed by atoms with Gasteiger partial charge in [0.2, 0.25) is 0 Å². The summed E-state index contributed by atoms with van der Waals surface area (Å²) in [6.07, 6.45) is -4.59. The van der Waals surface area contributed by atoms with Crippen LogP contribution in [0.2, 0.25) is 5.02 Å². The maximum absolute atomic E-state index is 13.2. The van der Waals surface area contributed by atoms with Crippen molar-refractivity contribution in [1.29, 1.82) is 0 Å². The Bertz CT molecular complexity index is 973. The van der Waals surface area contributed by atoms with Gasteiger partial charge in [0.15, 0.2) is 17.2 Å². The first-order valence-electron chi connectivity index (χ1n) is 8.09. The number of hydrogen-bond donors (Lipinski definition) is 0. The standard InChI is InChI=1S/C19H16ClF3N2O3/c1-26-16-8-7-13(10-17(16)27-2)28-11-12-9-18(19(21,22)23)24-25(12)15-6-4-3-5-14(15)20/h3-10H,11H2,1-2H3. The van der Waals surface area contributed by atoms with Crippen molar-refractivity contribution in [3.8, 4) is 22.9 Å². The second kappa shape index (κ2) is 8.02. The van der Waals surface area contributed by atoms with Crippen LogP contribution in [0.4, 0.5) is 13.2 Å². The van der Waals surface area contributed by atoms with Gasteiger partial charge in [0.25, 0.3) is 0 Å². The molecule has 3 rings (SSSR count). The van der Waals surface area contributed by atoms with Crippen LogP contribution < -0.4 is 14.2 Å². The first-order valence-corrected chi connectivity index (χ1v) is 8.47. The van der Waals surface area contributed by atoms with Gasteiger partial charge in [-0.05, 0) is 30.3 Å². The van der Waals surface area contributed by atoms with Crippen LogP contribution in [0.5, 0.6) is 17.2 Å². The van der Waals surface area contributed by atoms with Crippen LogP contribution in [0.3, 0.4) is 0 Å². The molecule has 1 aromatic heterocycles. The molecule has 0 aliphatic carbocycles. The maximum atomic E-state index is 13.2. The number of ether oxygens (including phenoxy) is 3.